The number of rotatable bonds is 2. The van der Waals surface area contributed by atoms with Gasteiger partial charge in [-0.05, 0) is 42.1 Å². The quantitative estimate of drug-likeness (QED) is 0.609. The van der Waals surface area contributed by atoms with Crippen LogP contribution in [0.2, 0.25) is 0 Å². The van der Waals surface area contributed by atoms with Gasteiger partial charge in [-0.2, -0.15) is 10.0 Å². The molecule has 3 nitrogen and oxygen atoms in total. The van der Waals surface area contributed by atoms with Gasteiger partial charge < -0.3 is 4.74 Å². The number of hydrogen-bond donors (Lipinski definition) is 0. The van der Waals surface area contributed by atoms with Gasteiger partial charge in [-0.1, -0.05) is 12.8 Å². The Morgan fingerprint density at radius 3 is 2.61 bits per heavy atom. The summed E-state index contributed by atoms with van der Waals surface area (Å²) in [6.07, 6.45) is 8.77. The second kappa shape index (κ2) is 5.92. The number of aromatic nitrogens is 1. The van der Waals surface area contributed by atoms with Crippen molar-refractivity contribution in [1.82, 2.24) is 4.98 Å². The van der Waals surface area contributed by atoms with Gasteiger partial charge in [0, 0.05) is 11.8 Å². The molecule has 0 radical (unpaired) electrons. The summed E-state index contributed by atoms with van der Waals surface area (Å²) in [6.45, 7) is 1.98. The van der Waals surface area contributed by atoms with Crippen LogP contribution in [0.15, 0.2) is 12.3 Å². The fourth-order valence-corrected chi connectivity index (χ4v) is 1.76. The zero-order valence-corrected chi connectivity index (χ0v) is 12.4. The molecule has 0 saturated carbocycles. The van der Waals surface area contributed by atoms with E-state index in [4.69, 9.17) is 4.74 Å². The summed E-state index contributed by atoms with van der Waals surface area (Å²) in [4.78, 5) is 15.7. The van der Waals surface area contributed by atoms with E-state index in [1.807, 2.05) is 13.0 Å². The average molecular weight is 265 g/mol. The Balaban J connectivity index is 3.13. The lowest BCUT2D eigenvalue weighted by Crippen LogP contribution is -2.08. The summed E-state index contributed by atoms with van der Waals surface area (Å²) in [5, 5.41) is 3.23. The number of hydrogen-bond acceptors (Lipinski definition) is 3. The molecule has 0 aromatic carbocycles. The molecule has 0 N–H and O–H groups in total. The molecule has 0 fully saturated rings. The molecular weight excluding hydrogens is 246 g/mol. The number of nitrogens with zero attached hydrogens (tertiary/aromatic N) is 1. The lowest BCUT2D eigenvalue weighted by molar-refractivity contribution is 0.0592. The van der Waals surface area contributed by atoms with Crippen LogP contribution < -0.4 is 0 Å². The molecule has 1 heterocycles. The highest BCUT2D eigenvalue weighted by Crippen LogP contribution is 2.32. The number of aryl methyl sites for hydroxylation is 1. The zero-order chi connectivity index (χ0) is 13.8. The first-order valence-corrected chi connectivity index (χ1v) is 8.51. The topological polar surface area (TPSA) is 39.2 Å². The number of pyridine rings is 1. The van der Waals surface area contributed by atoms with Crippen LogP contribution in [-0.2, 0) is 11.2 Å². The Morgan fingerprint density at radius 1 is 1.44 bits per heavy atom. The molecule has 98 valence electrons. The summed E-state index contributed by atoms with van der Waals surface area (Å²) in [7, 11) is 0.508. The molecule has 0 saturated heterocycles. The van der Waals surface area contributed by atoms with Gasteiger partial charge in [0.05, 0.1) is 7.11 Å². The Morgan fingerprint density at radius 2 is 2.11 bits per heavy atom. The molecule has 18 heavy (non-hydrogen) atoms. The highest BCUT2D eigenvalue weighted by atomic mass is 32.3. The van der Waals surface area contributed by atoms with Crippen LogP contribution in [0.5, 0.6) is 0 Å². The van der Waals surface area contributed by atoms with Crippen LogP contribution in [0.25, 0.3) is 0 Å². The van der Waals surface area contributed by atoms with Crippen molar-refractivity contribution < 1.29 is 9.53 Å². The van der Waals surface area contributed by atoms with E-state index in [2.05, 4.69) is 34.9 Å². The number of carbonyl (C=O) groups excluding carboxylic acids is 1. The fraction of sp³-hybridized carbons (Fsp3) is 0.429. The predicted molar refractivity (Wildman–Crippen MR) is 77.2 cm³/mol. The molecule has 0 bridgehead atoms. The highest BCUT2D eigenvalue weighted by molar-refractivity contribution is 8.35. The van der Waals surface area contributed by atoms with Crippen molar-refractivity contribution in [3.63, 3.8) is 0 Å². The van der Waals surface area contributed by atoms with Gasteiger partial charge in [0.1, 0.15) is 0 Å². The van der Waals surface area contributed by atoms with E-state index < -0.39 is 16.0 Å². The van der Waals surface area contributed by atoms with Crippen molar-refractivity contribution >= 4 is 16.0 Å². The van der Waals surface area contributed by atoms with E-state index in [1.165, 1.54) is 7.11 Å². The minimum atomic E-state index is -0.854. The predicted octanol–water partition coefficient (Wildman–Crippen LogP) is 2.43. The number of methoxy groups -OCH3 is 1. The van der Waals surface area contributed by atoms with E-state index in [0.29, 0.717) is 5.69 Å². The third-order valence-electron chi connectivity index (χ3n) is 2.23. The van der Waals surface area contributed by atoms with Gasteiger partial charge in [-0.3, -0.25) is 0 Å². The first kappa shape index (κ1) is 14.6. The maximum absolute atomic E-state index is 11.5. The molecule has 1 aromatic rings. The fourth-order valence-electron chi connectivity index (χ4n) is 1.34. The zero-order valence-electron chi connectivity index (χ0n) is 11.5. The SMILES string of the molecule is CCc1cc(C#CS(C)(C)C)cnc1C(=O)OC. The molecule has 0 aliphatic carbocycles. The van der Waals surface area contributed by atoms with Gasteiger partial charge in [0.2, 0.25) is 0 Å². The Bertz CT molecular complexity index is 507. The highest BCUT2D eigenvalue weighted by Gasteiger charge is 2.12. The van der Waals surface area contributed by atoms with Crippen molar-refractivity contribution in [3.8, 4) is 11.2 Å². The molecular formula is C14H19NO2S. The van der Waals surface area contributed by atoms with Gasteiger partial charge in [0.15, 0.2) is 5.69 Å². The lowest BCUT2D eigenvalue weighted by Gasteiger charge is -2.14. The first-order valence-electron chi connectivity index (χ1n) is 5.65. The minimum absolute atomic E-state index is 0.383. The Kier molecular flexibility index (Phi) is 4.80. The normalized spacial score (nSPS) is 11.4. The number of esters is 1. The van der Waals surface area contributed by atoms with E-state index in [1.54, 1.807) is 6.20 Å². The summed E-state index contributed by atoms with van der Waals surface area (Å²) < 4.78 is 4.70. The van der Waals surface area contributed by atoms with Gasteiger partial charge in [0.25, 0.3) is 0 Å². The van der Waals surface area contributed by atoms with Crippen molar-refractivity contribution in [2.45, 2.75) is 13.3 Å². The maximum Gasteiger partial charge on any atom is 0.356 e. The monoisotopic (exact) mass is 265 g/mol. The molecule has 0 unspecified atom stereocenters. The molecule has 1 rings (SSSR count). The lowest BCUT2D eigenvalue weighted by atomic mass is 10.1. The van der Waals surface area contributed by atoms with E-state index >= 15 is 0 Å². The molecule has 0 atom stereocenters. The standard InChI is InChI=1S/C14H19NO2S/c1-6-12-9-11(7-8-18(3,4)5)10-15-13(12)14(16)17-2/h9-10H,6H2,1-5H3. The van der Waals surface area contributed by atoms with Crippen LogP contribution in [0.3, 0.4) is 0 Å². The molecule has 4 heteroatoms. The summed E-state index contributed by atoms with van der Waals surface area (Å²) in [6, 6.07) is 1.91. The smallest absolute Gasteiger partial charge is 0.356 e. The van der Waals surface area contributed by atoms with Crippen LogP contribution >= 0.6 is 10.0 Å². The van der Waals surface area contributed by atoms with Crippen LogP contribution in [0, 0.1) is 11.2 Å². The average Bonchev–Trinajstić information content (AvgIpc) is 2.34. The Labute approximate surface area is 110 Å². The summed E-state index contributed by atoms with van der Waals surface area (Å²) in [5.74, 6) is 2.72. The van der Waals surface area contributed by atoms with Gasteiger partial charge >= 0.3 is 5.97 Å². The van der Waals surface area contributed by atoms with E-state index in [0.717, 1.165) is 17.5 Å². The second-order valence-electron chi connectivity index (χ2n) is 4.64. The largest absolute Gasteiger partial charge is 0.464 e. The third kappa shape index (κ3) is 4.08. The van der Waals surface area contributed by atoms with Gasteiger partial charge in [-0.15, -0.1) is 0 Å². The van der Waals surface area contributed by atoms with Crippen LogP contribution in [-0.4, -0.2) is 36.8 Å². The number of carbonyl (C=O) groups is 1. The molecule has 0 spiro atoms. The molecule has 0 aliphatic heterocycles. The van der Waals surface area contributed by atoms with E-state index in [-0.39, 0.29) is 0 Å². The van der Waals surface area contributed by atoms with Crippen LogP contribution in [0.1, 0.15) is 28.5 Å². The minimum Gasteiger partial charge on any atom is -0.464 e. The maximum atomic E-state index is 11.5. The molecule has 0 aliphatic rings. The van der Waals surface area contributed by atoms with Crippen LogP contribution in [0.4, 0.5) is 0 Å². The second-order valence-corrected chi connectivity index (χ2v) is 8.52. The number of ether oxygens (including phenoxy) is 1. The first-order chi connectivity index (χ1) is 8.37. The van der Waals surface area contributed by atoms with E-state index in [9.17, 15) is 4.79 Å². The Hall–Kier alpha value is -1.47. The van der Waals surface area contributed by atoms with Crippen molar-refractivity contribution in [2.24, 2.45) is 0 Å². The summed E-state index contributed by atoms with van der Waals surface area (Å²) in [5.41, 5.74) is 2.10. The third-order valence-corrected chi connectivity index (χ3v) is 2.94. The van der Waals surface area contributed by atoms with Crippen molar-refractivity contribution in [3.05, 3.63) is 29.1 Å². The van der Waals surface area contributed by atoms with Gasteiger partial charge in [-0.25, -0.2) is 9.78 Å². The molecule has 1 aromatic heterocycles. The van der Waals surface area contributed by atoms with Crippen molar-refractivity contribution in [1.29, 1.82) is 0 Å². The molecule has 0 amide bonds. The summed E-state index contributed by atoms with van der Waals surface area (Å²) >= 11 is 0. The van der Waals surface area contributed by atoms with Crippen molar-refractivity contribution in [2.75, 3.05) is 25.9 Å².